The van der Waals surface area contributed by atoms with Crippen LogP contribution in [0.4, 0.5) is 0 Å². The lowest BCUT2D eigenvalue weighted by atomic mass is 10.4. The maximum Gasteiger partial charge on any atom is 0.0983 e. The lowest BCUT2D eigenvalue weighted by Gasteiger charge is -2.27. The molecule has 1 aliphatic heterocycles. The van der Waals surface area contributed by atoms with E-state index in [-0.39, 0.29) is 0 Å². The Morgan fingerprint density at radius 2 is 1.33 bits per heavy atom. The monoisotopic (exact) mass is 378 g/mol. The molecule has 0 nitrogen and oxygen atoms in total. The van der Waals surface area contributed by atoms with Gasteiger partial charge in [-0.15, -0.1) is 58.8 Å². The van der Waals surface area contributed by atoms with Gasteiger partial charge in [-0.25, -0.2) is 0 Å². The second-order valence-corrected chi connectivity index (χ2v) is 12.6. The van der Waals surface area contributed by atoms with Gasteiger partial charge in [0.1, 0.15) is 0 Å². The Bertz CT molecular complexity index is 172. The maximum atomic E-state index is 4.26. The number of thioether (sulfide) groups is 5. The van der Waals surface area contributed by atoms with Crippen molar-refractivity contribution in [2.75, 3.05) is 28.1 Å². The molecule has 0 amide bonds. The lowest BCUT2D eigenvalue weighted by Crippen LogP contribution is -2.07. The summed E-state index contributed by atoms with van der Waals surface area (Å²) in [6.07, 6.45) is 5.15. The van der Waals surface area contributed by atoms with Crippen LogP contribution >= 0.6 is 84.1 Å². The van der Waals surface area contributed by atoms with Crippen molar-refractivity contribution < 1.29 is 0 Å². The molecule has 108 valence electrons. The number of thiol groups is 2. The molecule has 0 N–H and O–H groups in total. The molecule has 1 rings (SSSR count). The molecule has 0 radical (unpaired) electrons. The second kappa shape index (κ2) is 13.1. The number of rotatable bonds is 10. The van der Waals surface area contributed by atoms with Gasteiger partial charge in [-0.2, -0.15) is 25.3 Å². The molecule has 2 unspecified atom stereocenters. The van der Waals surface area contributed by atoms with E-state index in [0.29, 0.717) is 0 Å². The van der Waals surface area contributed by atoms with Crippen LogP contribution in [0.3, 0.4) is 0 Å². The molecule has 1 saturated heterocycles. The highest BCUT2D eigenvalue weighted by Gasteiger charge is 2.23. The zero-order valence-electron chi connectivity index (χ0n) is 10.5. The first-order valence-electron chi connectivity index (χ1n) is 6.20. The highest BCUT2D eigenvalue weighted by atomic mass is 32.3. The minimum Gasteiger partial charge on any atom is -0.179 e. The van der Waals surface area contributed by atoms with Crippen LogP contribution in [0.1, 0.15) is 25.7 Å². The maximum absolute atomic E-state index is 4.26. The number of hydrogen-bond donors (Lipinski definition) is 2. The van der Waals surface area contributed by atoms with Gasteiger partial charge >= 0.3 is 0 Å². The van der Waals surface area contributed by atoms with Gasteiger partial charge < -0.3 is 0 Å². The molecule has 0 bridgehead atoms. The minimum absolute atomic E-state index is 0.758. The summed E-state index contributed by atoms with van der Waals surface area (Å²) in [7, 11) is 0. The van der Waals surface area contributed by atoms with Crippen molar-refractivity contribution >= 4 is 84.1 Å². The van der Waals surface area contributed by atoms with Crippen LogP contribution in [0.2, 0.25) is 0 Å². The zero-order valence-corrected chi connectivity index (χ0v) is 16.3. The standard InChI is InChI=1S/C11H22S7/c12-5-1-3-7-14-10-16-9-17-11(18-10)15-8-4-2-6-13/h10-13H,1-9H2. The molecule has 1 heterocycles. The molecule has 1 aliphatic rings. The summed E-state index contributed by atoms with van der Waals surface area (Å²) in [6, 6.07) is 0. The van der Waals surface area contributed by atoms with E-state index in [1.807, 2.05) is 0 Å². The summed E-state index contributed by atoms with van der Waals surface area (Å²) in [6.45, 7) is 0. The third-order valence-electron chi connectivity index (χ3n) is 2.24. The molecule has 7 heteroatoms. The summed E-state index contributed by atoms with van der Waals surface area (Å²) < 4.78 is 1.52. The fourth-order valence-corrected chi connectivity index (χ4v) is 11.6. The zero-order chi connectivity index (χ0) is 13.1. The molecular formula is C11H22S7. The summed E-state index contributed by atoms with van der Waals surface area (Å²) >= 11 is 19.2. The number of unbranched alkanes of at least 4 members (excludes halogenated alkanes) is 2. The van der Waals surface area contributed by atoms with Crippen molar-refractivity contribution in [3.05, 3.63) is 0 Å². The Morgan fingerprint density at radius 3 is 1.78 bits per heavy atom. The van der Waals surface area contributed by atoms with Crippen LogP contribution < -0.4 is 0 Å². The van der Waals surface area contributed by atoms with Crippen LogP contribution in [-0.2, 0) is 0 Å². The van der Waals surface area contributed by atoms with Gasteiger partial charge in [-0.05, 0) is 48.7 Å². The highest BCUT2D eigenvalue weighted by molar-refractivity contribution is 8.46. The van der Waals surface area contributed by atoms with Crippen LogP contribution in [0.25, 0.3) is 0 Å². The summed E-state index contributed by atoms with van der Waals surface area (Å²) in [5, 5.41) is 1.27. The normalized spacial score (nSPS) is 24.3. The summed E-state index contributed by atoms with van der Waals surface area (Å²) in [4.78, 5) is 0. The van der Waals surface area contributed by atoms with Crippen LogP contribution in [0.5, 0.6) is 0 Å². The topological polar surface area (TPSA) is 0 Å². The average molecular weight is 379 g/mol. The second-order valence-electron chi connectivity index (χ2n) is 3.77. The van der Waals surface area contributed by atoms with Gasteiger partial charge in [0.15, 0.2) is 0 Å². The molecule has 0 aliphatic carbocycles. The average Bonchev–Trinajstić information content (AvgIpc) is 2.40. The van der Waals surface area contributed by atoms with E-state index < -0.39 is 0 Å². The van der Waals surface area contributed by atoms with E-state index in [1.54, 1.807) is 0 Å². The van der Waals surface area contributed by atoms with Gasteiger partial charge in [0, 0.05) is 5.08 Å². The number of hydrogen-bond acceptors (Lipinski definition) is 7. The lowest BCUT2D eigenvalue weighted by molar-refractivity contribution is 0.910. The Morgan fingerprint density at radius 1 is 0.833 bits per heavy atom. The molecule has 1 fully saturated rings. The van der Waals surface area contributed by atoms with Gasteiger partial charge in [0.2, 0.25) is 0 Å². The fourth-order valence-electron chi connectivity index (χ4n) is 1.28. The summed E-state index contributed by atoms with van der Waals surface area (Å²) in [5.41, 5.74) is 0. The van der Waals surface area contributed by atoms with Crippen molar-refractivity contribution in [3.63, 3.8) is 0 Å². The van der Waals surface area contributed by atoms with Crippen molar-refractivity contribution in [2.24, 2.45) is 0 Å². The van der Waals surface area contributed by atoms with Gasteiger partial charge in [0.25, 0.3) is 0 Å². The first-order chi connectivity index (χ1) is 8.86. The van der Waals surface area contributed by atoms with Gasteiger partial charge in [0.05, 0.1) is 7.83 Å². The highest BCUT2D eigenvalue weighted by Crippen LogP contribution is 2.51. The van der Waals surface area contributed by atoms with Crippen LogP contribution in [0, 0.1) is 0 Å². The Labute approximate surface area is 144 Å². The smallest absolute Gasteiger partial charge is 0.0983 e. The van der Waals surface area contributed by atoms with Crippen LogP contribution in [0.15, 0.2) is 0 Å². The van der Waals surface area contributed by atoms with Crippen molar-refractivity contribution in [3.8, 4) is 0 Å². The molecule has 2 atom stereocenters. The first kappa shape index (κ1) is 18.5. The summed E-state index contributed by atoms with van der Waals surface area (Å²) in [5.74, 6) is 4.66. The largest absolute Gasteiger partial charge is 0.179 e. The molecule has 0 saturated carbocycles. The predicted octanol–water partition coefficient (Wildman–Crippen LogP) is 5.61. The van der Waals surface area contributed by atoms with Gasteiger partial charge in [-0.3, -0.25) is 0 Å². The van der Waals surface area contributed by atoms with Crippen molar-refractivity contribution in [1.29, 1.82) is 0 Å². The van der Waals surface area contributed by atoms with E-state index >= 15 is 0 Å². The van der Waals surface area contributed by atoms with E-state index in [1.165, 1.54) is 42.3 Å². The third-order valence-corrected chi connectivity index (χ3v) is 11.1. The van der Waals surface area contributed by atoms with E-state index in [9.17, 15) is 0 Å². The Hall–Kier alpha value is 2.45. The molecule has 0 aromatic rings. The van der Waals surface area contributed by atoms with Crippen molar-refractivity contribution in [1.82, 2.24) is 0 Å². The van der Waals surface area contributed by atoms with E-state index in [0.717, 1.165) is 19.3 Å². The Balaban J connectivity index is 2.04. The predicted molar refractivity (Wildman–Crippen MR) is 106 cm³/mol. The van der Waals surface area contributed by atoms with Crippen LogP contribution in [-0.4, -0.2) is 35.9 Å². The van der Waals surface area contributed by atoms with E-state index in [2.05, 4.69) is 84.1 Å². The molecular weight excluding hydrogens is 357 g/mol. The van der Waals surface area contributed by atoms with Gasteiger partial charge in [-0.1, -0.05) is 0 Å². The molecule has 0 spiro atoms. The molecule has 0 aromatic carbocycles. The third kappa shape index (κ3) is 9.40. The molecule has 0 aromatic heterocycles. The SMILES string of the molecule is SCCCCSC1SCSC(SCCCCS)S1. The fraction of sp³-hybridized carbons (Fsp3) is 1.00. The van der Waals surface area contributed by atoms with E-state index in [4.69, 9.17) is 0 Å². The van der Waals surface area contributed by atoms with Crippen molar-refractivity contribution in [2.45, 2.75) is 33.5 Å². The Kier molecular flexibility index (Phi) is 13.5. The first-order valence-corrected chi connectivity index (χ1v) is 12.6. The minimum atomic E-state index is 0.758. The quantitative estimate of drug-likeness (QED) is 0.373. The molecule has 18 heavy (non-hydrogen) atoms.